The van der Waals surface area contributed by atoms with E-state index >= 15 is 0 Å². The number of carbonyl (C=O) groups is 1. The molecule has 0 saturated carbocycles. The van der Waals surface area contributed by atoms with E-state index in [1.54, 1.807) is 20.8 Å². The van der Waals surface area contributed by atoms with Gasteiger partial charge in [-0.2, -0.15) is 10.1 Å². The summed E-state index contributed by atoms with van der Waals surface area (Å²) >= 11 is 0. The van der Waals surface area contributed by atoms with E-state index in [0.29, 0.717) is 5.56 Å². The molecule has 0 fully saturated rings. The first kappa shape index (κ1) is 13.1. The highest BCUT2D eigenvalue weighted by Crippen LogP contribution is 2.16. The molecule has 6 nitrogen and oxygen atoms in total. The maximum Gasteiger partial charge on any atom is 0.442 e. The van der Waals surface area contributed by atoms with E-state index in [1.807, 2.05) is 0 Å². The first-order valence-electron chi connectivity index (χ1n) is 5.05. The summed E-state index contributed by atoms with van der Waals surface area (Å²) in [5.74, 6) is 0.208. The van der Waals surface area contributed by atoms with Gasteiger partial charge in [0.15, 0.2) is 0 Å². The molecule has 1 aromatic heterocycles. The van der Waals surface area contributed by atoms with Crippen LogP contribution in [-0.4, -0.2) is 21.5 Å². The Morgan fingerprint density at radius 3 is 2.76 bits per heavy atom. The minimum Gasteiger partial charge on any atom is -0.442 e. The Morgan fingerprint density at radius 2 is 2.29 bits per heavy atom. The van der Waals surface area contributed by atoms with Gasteiger partial charge in [0.05, 0.1) is 6.61 Å². The van der Waals surface area contributed by atoms with Crippen molar-refractivity contribution in [1.82, 2.24) is 4.68 Å². The van der Waals surface area contributed by atoms with Gasteiger partial charge in [0.1, 0.15) is 11.8 Å². The van der Waals surface area contributed by atoms with Gasteiger partial charge in [-0.1, -0.05) is 6.57 Å². The number of nitrogens with zero attached hydrogens (tertiary/aromatic N) is 2. The highest BCUT2D eigenvalue weighted by molar-refractivity contribution is 5.77. The maximum absolute atomic E-state index is 11.5. The summed E-state index contributed by atoms with van der Waals surface area (Å²) < 4.78 is 6.28. The molecule has 0 aliphatic heterocycles. The predicted molar refractivity (Wildman–Crippen MR) is 62.2 cm³/mol. The summed E-state index contributed by atoms with van der Waals surface area (Å²) in [6.07, 6.45) is 0.819. The number of ether oxygens (including phenoxy) is 1. The van der Waals surface area contributed by atoms with Crippen LogP contribution in [0.15, 0.2) is 12.3 Å². The van der Waals surface area contributed by atoms with E-state index in [4.69, 9.17) is 16.4 Å². The summed E-state index contributed by atoms with van der Waals surface area (Å²) in [7, 11) is 0. The minimum absolute atomic E-state index is 0.189. The second kappa shape index (κ2) is 4.89. The lowest BCUT2D eigenvalue weighted by Crippen LogP contribution is -2.31. The molecule has 0 aliphatic rings. The molecule has 0 unspecified atom stereocenters. The Bertz CT molecular complexity index is 452. The number of rotatable bonds is 2. The van der Waals surface area contributed by atoms with Gasteiger partial charge in [-0.05, 0) is 26.8 Å². The quantitative estimate of drug-likeness (QED) is 0.773. The molecule has 0 spiro atoms. The monoisotopic (exact) mass is 237 g/mol. The van der Waals surface area contributed by atoms with Gasteiger partial charge in [-0.25, -0.2) is 4.79 Å². The molecule has 1 rings (SSSR count). The van der Waals surface area contributed by atoms with E-state index < -0.39 is 11.7 Å². The van der Waals surface area contributed by atoms with Crippen molar-refractivity contribution in [2.45, 2.75) is 33.0 Å². The summed E-state index contributed by atoms with van der Waals surface area (Å²) in [5, 5.41) is 8.93. The van der Waals surface area contributed by atoms with Crippen molar-refractivity contribution in [1.29, 1.82) is 0 Å². The molecular weight excluding hydrogens is 222 g/mol. The molecule has 1 aromatic rings. The van der Waals surface area contributed by atoms with Crippen LogP contribution in [0, 0.1) is 6.57 Å². The molecule has 0 aliphatic carbocycles. The van der Waals surface area contributed by atoms with E-state index in [1.165, 1.54) is 16.9 Å². The van der Waals surface area contributed by atoms with E-state index in [0.717, 1.165) is 0 Å². The average Bonchev–Trinajstić information content (AvgIpc) is 2.57. The van der Waals surface area contributed by atoms with Crippen molar-refractivity contribution in [3.63, 3.8) is 0 Å². The van der Waals surface area contributed by atoms with Gasteiger partial charge < -0.3 is 14.7 Å². The molecule has 1 amide bonds. The number of hydrogen-bond acceptors (Lipinski definition) is 3. The van der Waals surface area contributed by atoms with Crippen LogP contribution >= 0.6 is 0 Å². The molecule has 0 atom stereocenters. The number of aliphatic hydroxyl groups is 1. The zero-order valence-electron chi connectivity index (χ0n) is 10.0. The molecule has 2 N–H and O–H groups in total. The largest absolute Gasteiger partial charge is 0.442 e. The van der Waals surface area contributed by atoms with Gasteiger partial charge in [-0.15, -0.1) is 0 Å². The molecule has 0 radical (unpaired) electrons. The normalized spacial score (nSPS) is 10.8. The topological polar surface area (TPSA) is 67.8 Å². The molecule has 1 heterocycles. The smallest absolute Gasteiger partial charge is 0.442 e. The maximum atomic E-state index is 11.5. The zero-order chi connectivity index (χ0) is 13.1. The lowest BCUT2D eigenvalue weighted by Gasteiger charge is -2.19. The highest BCUT2D eigenvalue weighted by atomic mass is 16.6. The highest BCUT2D eigenvalue weighted by Gasteiger charge is 2.18. The van der Waals surface area contributed by atoms with Crippen LogP contribution in [0.5, 0.6) is 0 Å². The van der Waals surface area contributed by atoms with Crippen molar-refractivity contribution >= 4 is 11.9 Å². The summed E-state index contributed by atoms with van der Waals surface area (Å²) in [6, 6.07) is 1.49. The van der Waals surface area contributed by atoms with Crippen molar-refractivity contribution in [2.24, 2.45) is 0 Å². The first-order valence-corrected chi connectivity index (χ1v) is 5.05. The number of nitrogens with one attached hydrogen (secondary N) is 1. The fourth-order valence-corrected chi connectivity index (χ4v) is 1.17. The summed E-state index contributed by atoms with van der Waals surface area (Å²) in [5.41, 5.74) is 2.35. The average molecular weight is 237 g/mol. The van der Waals surface area contributed by atoms with E-state index in [9.17, 15) is 4.79 Å². The number of aromatic nitrogens is 1. The SMILES string of the molecule is [C-]#[N+]c1cc(CO)cn1NC(=O)OC(C)(C)C. The third-order valence-electron chi connectivity index (χ3n) is 1.76. The van der Waals surface area contributed by atoms with Gasteiger partial charge in [0.25, 0.3) is 5.82 Å². The van der Waals surface area contributed by atoms with Crippen molar-refractivity contribution in [3.05, 3.63) is 29.2 Å². The lowest BCUT2D eigenvalue weighted by atomic mass is 10.2. The lowest BCUT2D eigenvalue weighted by molar-refractivity contribution is 0.0614. The van der Waals surface area contributed by atoms with Crippen LogP contribution in [-0.2, 0) is 11.3 Å². The van der Waals surface area contributed by atoms with Gasteiger partial charge in [-0.3, -0.25) is 0 Å². The Kier molecular flexibility index (Phi) is 3.76. The first-order chi connectivity index (χ1) is 7.85. The predicted octanol–water partition coefficient (Wildman–Crippen LogP) is 2.01. The van der Waals surface area contributed by atoms with Crippen molar-refractivity contribution in [2.75, 3.05) is 5.43 Å². The molecule has 17 heavy (non-hydrogen) atoms. The second-order valence-corrected chi connectivity index (χ2v) is 4.46. The number of amides is 1. The molecule has 0 saturated heterocycles. The number of carbonyl (C=O) groups excluding carboxylic acids is 1. The van der Waals surface area contributed by atoms with Crippen LogP contribution in [0.2, 0.25) is 0 Å². The van der Waals surface area contributed by atoms with Gasteiger partial charge in [0, 0.05) is 5.56 Å². The third kappa shape index (κ3) is 3.81. The van der Waals surface area contributed by atoms with Crippen LogP contribution in [0.25, 0.3) is 4.85 Å². The Morgan fingerprint density at radius 1 is 1.65 bits per heavy atom. The fraction of sp³-hybridized carbons (Fsp3) is 0.455. The number of aliphatic hydroxyl groups excluding tert-OH is 1. The minimum atomic E-state index is -0.650. The van der Waals surface area contributed by atoms with Crippen molar-refractivity contribution in [3.8, 4) is 0 Å². The standard InChI is InChI=1S/C11H15N3O3/c1-11(2,3)17-10(16)13-14-6-8(7-15)5-9(14)12-4/h5-6,15H,7H2,1-3H3,(H,13,16). The van der Waals surface area contributed by atoms with Gasteiger partial charge in [0.2, 0.25) is 0 Å². The van der Waals surface area contributed by atoms with E-state index in [2.05, 4.69) is 10.3 Å². The molecular formula is C11H15N3O3. The van der Waals surface area contributed by atoms with Gasteiger partial charge >= 0.3 is 6.09 Å². The zero-order valence-corrected chi connectivity index (χ0v) is 10.0. The van der Waals surface area contributed by atoms with Crippen LogP contribution in [0.1, 0.15) is 26.3 Å². The molecule has 0 aromatic carbocycles. The second-order valence-electron chi connectivity index (χ2n) is 4.46. The third-order valence-corrected chi connectivity index (χ3v) is 1.76. The van der Waals surface area contributed by atoms with Crippen LogP contribution in [0.3, 0.4) is 0 Å². The van der Waals surface area contributed by atoms with E-state index in [-0.39, 0.29) is 12.4 Å². The van der Waals surface area contributed by atoms with Crippen LogP contribution in [0.4, 0.5) is 10.6 Å². The summed E-state index contributed by atoms with van der Waals surface area (Å²) in [4.78, 5) is 14.7. The molecule has 0 bridgehead atoms. The Hall–Kier alpha value is -2.00. The van der Waals surface area contributed by atoms with Crippen molar-refractivity contribution < 1.29 is 14.6 Å². The molecule has 92 valence electrons. The Balaban J connectivity index is 2.78. The number of hydrogen-bond donors (Lipinski definition) is 2. The summed E-state index contributed by atoms with van der Waals surface area (Å²) in [6.45, 7) is 12.0. The van der Waals surface area contributed by atoms with Crippen LogP contribution < -0.4 is 5.43 Å². The molecule has 6 heteroatoms. The fourth-order valence-electron chi connectivity index (χ4n) is 1.17. The Labute approximate surface area is 99.6 Å².